The molecule has 5 nitrogen and oxygen atoms in total. The molecule has 0 amide bonds. The Morgan fingerprint density at radius 1 is 1.16 bits per heavy atom. The minimum atomic E-state index is -1.30. The third-order valence-electron chi connectivity index (χ3n) is 2.91. The van der Waals surface area contributed by atoms with Crippen LogP contribution in [0.1, 0.15) is 46.5 Å². The first kappa shape index (κ1) is 18.2. The predicted octanol–water partition coefficient (Wildman–Crippen LogP) is 3.32. The van der Waals surface area contributed by atoms with Crippen LogP contribution in [-0.4, -0.2) is 43.8 Å². The third-order valence-corrected chi connectivity index (χ3v) is 2.91. The van der Waals surface area contributed by atoms with Crippen molar-refractivity contribution in [2.24, 2.45) is 5.92 Å². The number of carboxylic acid groups (broad SMARTS) is 1. The van der Waals surface area contributed by atoms with Crippen LogP contribution >= 0.6 is 0 Å². The summed E-state index contributed by atoms with van der Waals surface area (Å²) in [5, 5.41) is 8.62. The second kappa shape index (κ2) is 11.1. The smallest absolute Gasteiger partial charge is 0.450 e. The summed E-state index contributed by atoms with van der Waals surface area (Å²) in [5.41, 5.74) is 0. The van der Waals surface area contributed by atoms with Gasteiger partial charge in [-0.3, -0.25) is 0 Å². The van der Waals surface area contributed by atoms with Gasteiger partial charge in [0.05, 0.1) is 12.7 Å². The van der Waals surface area contributed by atoms with Gasteiger partial charge in [0.15, 0.2) is 6.10 Å². The van der Waals surface area contributed by atoms with Gasteiger partial charge in [-0.05, 0) is 19.3 Å². The number of methoxy groups -OCH3 is 1. The molecule has 0 fully saturated rings. The minimum Gasteiger partial charge on any atom is -0.450 e. The Hall–Kier alpha value is -0.810. The van der Waals surface area contributed by atoms with Crippen LogP contribution in [0.2, 0.25) is 0 Å². The fourth-order valence-electron chi connectivity index (χ4n) is 1.77. The molecule has 114 valence electrons. The van der Waals surface area contributed by atoms with Crippen LogP contribution < -0.4 is 0 Å². The molecule has 0 rings (SSSR count). The second-order valence-electron chi connectivity index (χ2n) is 5.20. The summed E-state index contributed by atoms with van der Waals surface area (Å²) in [7, 11) is 1.51. The van der Waals surface area contributed by atoms with Gasteiger partial charge in [-0.25, -0.2) is 4.79 Å². The van der Waals surface area contributed by atoms with E-state index in [4.69, 9.17) is 19.3 Å². The van der Waals surface area contributed by atoms with Crippen molar-refractivity contribution < 1.29 is 24.1 Å². The quantitative estimate of drug-likeness (QED) is 0.463. The van der Waals surface area contributed by atoms with E-state index in [0.717, 1.165) is 18.8 Å². The van der Waals surface area contributed by atoms with E-state index in [1.54, 1.807) is 6.92 Å². The highest BCUT2D eigenvalue weighted by molar-refractivity contribution is 5.57. The molecule has 0 saturated heterocycles. The maximum Gasteiger partial charge on any atom is 0.506 e. The van der Waals surface area contributed by atoms with Crippen molar-refractivity contribution in [3.05, 3.63) is 0 Å². The lowest BCUT2D eigenvalue weighted by Gasteiger charge is -2.22. The molecule has 0 spiro atoms. The van der Waals surface area contributed by atoms with Crippen molar-refractivity contribution >= 4 is 6.16 Å². The van der Waals surface area contributed by atoms with E-state index in [2.05, 4.69) is 13.8 Å². The number of rotatable bonds is 11. The van der Waals surface area contributed by atoms with Crippen molar-refractivity contribution in [3.8, 4) is 0 Å². The molecular weight excluding hydrogens is 248 g/mol. The van der Waals surface area contributed by atoms with E-state index in [0.29, 0.717) is 6.61 Å². The summed E-state index contributed by atoms with van der Waals surface area (Å²) in [6, 6.07) is 0. The topological polar surface area (TPSA) is 65.0 Å². The van der Waals surface area contributed by atoms with Gasteiger partial charge in [-0.2, -0.15) is 0 Å². The first-order valence-corrected chi connectivity index (χ1v) is 6.97. The average molecular weight is 276 g/mol. The SMILES string of the molecule is COCC(OC(=O)O)C(C)OCCCCCC(C)C. The highest BCUT2D eigenvalue weighted by atomic mass is 16.7. The monoisotopic (exact) mass is 276 g/mol. The Labute approximate surface area is 116 Å². The zero-order valence-corrected chi connectivity index (χ0v) is 12.6. The summed E-state index contributed by atoms with van der Waals surface area (Å²) >= 11 is 0. The summed E-state index contributed by atoms with van der Waals surface area (Å²) in [4.78, 5) is 10.5. The molecule has 0 bridgehead atoms. The molecule has 19 heavy (non-hydrogen) atoms. The molecule has 0 aliphatic rings. The van der Waals surface area contributed by atoms with Gasteiger partial charge in [0.1, 0.15) is 0 Å². The summed E-state index contributed by atoms with van der Waals surface area (Å²) < 4.78 is 15.3. The molecule has 2 unspecified atom stereocenters. The molecule has 0 aromatic heterocycles. The summed E-state index contributed by atoms with van der Waals surface area (Å²) in [5.74, 6) is 0.745. The molecule has 1 N–H and O–H groups in total. The van der Waals surface area contributed by atoms with Gasteiger partial charge < -0.3 is 19.3 Å². The van der Waals surface area contributed by atoms with Crippen LogP contribution in [0.5, 0.6) is 0 Å². The van der Waals surface area contributed by atoms with Crippen LogP contribution in [0.25, 0.3) is 0 Å². The number of ether oxygens (including phenoxy) is 3. The molecule has 0 heterocycles. The molecule has 0 radical (unpaired) electrons. The fraction of sp³-hybridized carbons (Fsp3) is 0.929. The first-order chi connectivity index (χ1) is 8.97. The Balaban J connectivity index is 3.73. The molecule has 0 saturated carbocycles. The van der Waals surface area contributed by atoms with Crippen molar-refractivity contribution in [3.63, 3.8) is 0 Å². The molecule has 0 aliphatic heterocycles. The van der Waals surface area contributed by atoms with E-state index < -0.39 is 12.3 Å². The zero-order chi connectivity index (χ0) is 14.7. The molecular formula is C14H28O5. The Kier molecular flexibility index (Phi) is 10.6. The van der Waals surface area contributed by atoms with Crippen LogP contribution in [0.4, 0.5) is 4.79 Å². The van der Waals surface area contributed by atoms with Crippen LogP contribution in [-0.2, 0) is 14.2 Å². The van der Waals surface area contributed by atoms with Crippen LogP contribution in [0.3, 0.4) is 0 Å². The first-order valence-electron chi connectivity index (χ1n) is 6.97. The molecule has 0 aliphatic carbocycles. The van der Waals surface area contributed by atoms with Crippen molar-refractivity contribution in [1.82, 2.24) is 0 Å². The maximum atomic E-state index is 10.5. The Morgan fingerprint density at radius 3 is 2.37 bits per heavy atom. The third kappa shape index (κ3) is 10.8. The number of hydrogen-bond acceptors (Lipinski definition) is 4. The number of carbonyl (C=O) groups is 1. The Morgan fingerprint density at radius 2 is 1.84 bits per heavy atom. The lowest BCUT2D eigenvalue weighted by molar-refractivity contribution is -0.0738. The average Bonchev–Trinajstić information content (AvgIpc) is 2.31. The highest BCUT2D eigenvalue weighted by Gasteiger charge is 2.21. The normalized spacial score (nSPS) is 14.4. The second-order valence-corrected chi connectivity index (χ2v) is 5.20. The van der Waals surface area contributed by atoms with E-state index >= 15 is 0 Å². The van der Waals surface area contributed by atoms with E-state index in [1.165, 1.54) is 20.0 Å². The lowest BCUT2D eigenvalue weighted by Crippen LogP contribution is -2.35. The van der Waals surface area contributed by atoms with Gasteiger partial charge in [0, 0.05) is 13.7 Å². The van der Waals surface area contributed by atoms with Gasteiger partial charge in [-0.15, -0.1) is 0 Å². The predicted molar refractivity (Wildman–Crippen MR) is 73.5 cm³/mol. The zero-order valence-electron chi connectivity index (χ0n) is 12.6. The number of hydrogen-bond donors (Lipinski definition) is 1. The van der Waals surface area contributed by atoms with Gasteiger partial charge >= 0.3 is 6.16 Å². The van der Waals surface area contributed by atoms with E-state index in [1.807, 2.05) is 0 Å². The highest BCUT2D eigenvalue weighted by Crippen LogP contribution is 2.10. The summed E-state index contributed by atoms with van der Waals surface area (Å²) in [6.45, 7) is 7.08. The van der Waals surface area contributed by atoms with Gasteiger partial charge in [0.2, 0.25) is 0 Å². The molecule has 0 aromatic carbocycles. The fourth-order valence-corrected chi connectivity index (χ4v) is 1.77. The largest absolute Gasteiger partial charge is 0.506 e. The van der Waals surface area contributed by atoms with E-state index in [-0.39, 0.29) is 12.7 Å². The van der Waals surface area contributed by atoms with Crippen LogP contribution in [0.15, 0.2) is 0 Å². The van der Waals surface area contributed by atoms with Gasteiger partial charge in [-0.1, -0.05) is 33.1 Å². The number of unbranched alkanes of at least 4 members (excludes halogenated alkanes) is 2. The van der Waals surface area contributed by atoms with Crippen molar-refractivity contribution in [1.29, 1.82) is 0 Å². The molecule has 2 atom stereocenters. The molecule has 0 aromatic rings. The van der Waals surface area contributed by atoms with E-state index in [9.17, 15) is 4.79 Å². The minimum absolute atomic E-state index is 0.209. The Bertz CT molecular complexity index is 230. The van der Waals surface area contributed by atoms with Crippen molar-refractivity contribution in [2.45, 2.75) is 58.7 Å². The lowest BCUT2D eigenvalue weighted by atomic mass is 10.1. The molecule has 5 heteroatoms. The summed E-state index contributed by atoms with van der Waals surface area (Å²) in [6.07, 6.45) is 2.42. The van der Waals surface area contributed by atoms with Gasteiger partial charge in [0.25, 0.3) is 0 Å². The van der Waals surface area contributed by atoms with Crippen molar-refractivity contribution in [2.75, 3.05) is 20.3 Å². The maximum absolute atomic E-state index is 10.5. The standard InChI is InChI=1S/C14H28O5/c1-11(2)8-6-5-7-9-18-12(3)13(10-17-4)19-14(15)16/h11-13H,5-10H2,1-4H3,(H,15,16). The van der Waals surface area contributed by atoms with Crippen LogP contribution in [0, 0.1) is 5.92 Å².